The summed E-state index contributed by atoms with van der Waals surface area (Å²) in [7, 11) is 1.75. The monoisotopic (exact) mass is 171 g/mol. The van der Waals surface area contributed by atoms with Gasteiger partial charge in [0.2, 0.25) is 0 Å². The van der Waals surface area contributed by atoms with E-state index in [0.717, 1.165) is 0 Å². The summed E-state index contributed by atoms with van der Waals surface area (Å²) < 4.78 is 4.45. The highest BCUT2D eigenvalue weighted by molar-refractivity contribution is 5.82. The van der Waals surface area contributed by atoms with E-state index in [1.54, 1.807) is 11.9 Å². The van der Waals surface area contributed by atoms with E-state index >= 15 is 0 Å². The Morgan fingerprint density at radius 3 is 2.83 bits per heavy atom. The molecule has 1 N–H and O–H groups in total. The largest absolute Gasteiger partial charge is 0.474 e. The molecular formula is C6H9N3O3. The van der Waals surface area contributed by atoms with Crippen LogP contribution in [0.2, 0.25) is 0 Å². The molecule has 0 atom stereocenters. The van der Waals surface area contributed by atoms with Crippen molar-refractivity contribution in [3.8, 4) is 0 Å². The molecule has 1 rings (SSSR count). The van der Waals surface area contributed by atoms with E-state index in [-0.39, 0.29) is 11.8 Å². The Morgan fingerprint density at radius 2 is 2.42 bits per heavy atom. The number of rotatable bonds is 3. The minimum atomic E-state index is -1.21. The maximum atomic E-state index is 10.3. The summed E-state index contributed by atoms with van der Waals surface area (Å²) in [6, 6.07) is 0. The van der Waals surface area contributed by atoms with Crippen LogP contribution in [-0.4, -0.2) is 34.8 Å². The number of anilines is 1. The van der Waals surface area contributed by atoms with Crippen molar-refractivity contribution in [1.82, 2.24) is 10.1 Å². The maximum Gasteiger partial charge on any atom is 0.394 e. The van der Waals surface area contributed by atoms with E-state index in [0.29, 0.717) is 6.54 Å². The van der Waals surface area contributed by atoms with E-state index in [2.05, 4.69) is 14.7 Å². The number of carboxylic acids is 1. The number of nitrogens with zero attached hydrogens (tertiary/aromatic N) is 3. The minimum absolute atomic E-state index is 0.287. The Hall–Kier alpha value is -1.59. The average Bonchev–Trinajstić information content (AvgIpc) is 2.51. The lowest BCUT2D eigenvalue weighted by molar-refractivity contribution is 0.0643. The second kappa shape index (κ2) is 3.21. The van der Waals surface area contributed by atoms with Crippen LogP contribution < -0.4 is 4.90 Å². The molecule has 0 aliphatic carbocycles. The molecule has 0 aliphatic rings. The average molecular weight is 171 g/mol. The third-order valence-corrected chi connectivity index (χ3v) is 1.41. The van der Waals surface area contributed by atoms with Crippen molar-refractivity contribution >= 4 is 11.9 Å². The molecule has 0 fully saturated rings. The van der Waals surface area contributed by atoms with Gasteiger partial charge in [0, 0.05) is 13.6 Å². The van der Waals surface area contributed by atoms with Crippen LogP contribution in [-0.2, 0) is 0 Å². The molecule has 1 heterocycles. The van der Waals surface area contributed by atoms with Gasteiger partial charge in [-0.25, -0.2) is 4.79 Å². The molecule has 1 aromatic rings. The van der Waals surface area contributed by atoms with E-state index in [1.807, 2.05) is 6.92 Å². The van der Waals surface area contributed by atoms with Gasteiger partial charge in [-0.1, -0.05) is 0 Å². The maximum absolute atomic E-state index is 10.3. The topological polar surface area (TPSA) is 79.5 Å². The van der Waals surface area contributed by atoms with Crippen LogP contribution in [0.1, 0.15) is 17.6 Å². The first kappa shape index (κ1) is 8.51. The van der Waals surface area contributed by atoms with Gasteiger partial charge in [0.1, 0.15) is 0 Å². The number of aromatic nitrogens is 2. The quantitative estimate of drug-likeness (QED) is 0.700. The normalized spacial score (nSPS) is 9.83. The van der Waals surface area contributed by atoms with Crippen molar-refractivity contribution in [3.05, 3.63) is 5.89 Å². The van der Waals surface area contributed by atoms with Crippen LogP contribution in [0.3, 0.4) is 0 Å². The zero-order valence-electron chi connectivity index (χ0n) is 6.81. The summed E-state index contributed by atoms with van der Waals surface area (Å²) >= 11 is 0. The van der Waals surface area contributed by atoms with Crippen LogP contribution in [0.15, 0.2) is 4.52 Å². The van der Waals surface area contributed by atoms with Crippen molar-refractivity contribution in [1.29, 1.82) is 0 Å². The highest BCUT2D eigenvalue weighted by atomic mass is 16.5. The molecule has 1 aromatic heterocycles. The third-order valence-electron chi connectivity index (χ3n) is 1.41. The Bertz CT molecular complexity index is 283. The van der Waals surface area contributed by atoms with Gasteiger partial charge in [-0.05, 0) is 12.1 Å². The summed E-state index contributed by atoms with van der Waals surface area (Å²) in [5.74, 6) is -1.31. The Morgan fingerprint density at radius 1 is 1.75 bits per heavy atom. The number of aromatic carboxylic acids is 1. The summed E-state index contributed by atoms with van der Waals surface area (Å²) in [4.78, 5) is 15.6. The molecular weight excluding hydrogens is 162 g/mol. The second-order valence-electron chi connectivity index (χ2n) is 2.22. The van der Waals surface area contributed by atoms with Crippen LogP contribution in [0.5, 0.6) is 0 Å². The molecule has 0 aliphatic heterocycles. The molecule has 0 amide bonds. The summed E-state index contributed by atoms with van der Waals surface area (Å²) in [5, 5.41) is 11.9. The summed E-state index contributed by atoms with van der Waals surface area (Å²) in [5.41, 5.74) is 0. The molecule has 66 valence electrons. The van der Waals surface area contributed by atoms with Gasteiger partial charge in [-0.2, -0.15) is 4.98 Å². The highest BCUT2D eigenvalue weighted by Gasteiger charge is 2.14. The van der Waals surface area contributed by atoms with Crippen LogP contribution >= 0.6 is 0 Å². The Balaban J connectivity index is 2.84. The number of hydrogen-bond acceptors (Lipinski definition) is 5. The van der Waals surface area contributed by atoms with Gasteiger partial charge in [-0.15, -0.1) is 0 Å². The Kier molecular flexibility index (Phi) is 2.27. The molecule has 0 radical (unpaired) electrons. The first-order valence-corrected chi connectivity index (χ1v) is 3.43. The van der Waals surface area contributed by atoms with Crippen molar-refractivity contribution in [3.63, 3.8) is 0 Å². The molecule has 0 spiro atoms. The molecule has 6 heteroatoms. The zero-order chi connectivity index (χ0) is 9.14. The molecule has 6 nitrogen and oxygen atoms in total. The van der Waals surface area contributed by atoms with Gasteiger partial charge in [-0.3, -0.25) is 0 Å². The number of carboxylic acid groups (broad SMARTS) is 1. The van der Waals surface area contributed by atoms with Crippen molar-refractivity contribution < 1.29 is 14.4 Å². The smallest absolute Gasteiger partial charge is 0.394 e. The third kappa shape index (κ3) is 1.52. The van der Waals surface area contributed by atoms with E-state index in [1.165, 1.54) is 0 Å². The molecule has 0 saturated heterocycles. The fraction of sp³-hybridized carbons (Fsp3) is 0.500. The van der Waals surface area contributed by atoms with Crippen molar-refractivity contribution in [2.24, 2.45) is 0 Å². The Labute approximate surface area is 68.8 Å². The second-order valence-corrected chi connectivity index (χ2v) is 2.22. The standard InChI is InChI=1S/C6H9N3O3/c1-3-9(2)6-7-4(5(10)11)12-8-6/h3H2,1-2H3,(H,10,11). The fourth-order valence-electron chi connectivity index (χ4n) is 0.599. The molecule has 12 heavy (non-hydrogen) atoms. The predicted molar refractivity (Wildman–Crippen MR) is 40.2 cm³/mol. The first-order chi connectivity index (χ1) is 5.65. The SMILES string of the molecule is CCN(C)c1noc(C(=O)O)n1. The van der Waals surface area contributed by atoms with Crippen LogP contribution in [0.4, 0.5) is 5.95 Å². The number of carbonyl (C=O) groups is 1. The molecule has 0 unspecified atom stereocenters. The zero-order valence-corrected chi connectivity index (χ0v) is 6.81. The first-order valence-electron chi connectivity index (χ1n) is 3.43. The summed E-state index contributed by atoms with van der Waals surface area (Å²) in [6.45, 7) is 2.59. The van der Waals surface area contributed by atoms with Crippen molar-refractivity contribution in [2.75, 3.05) is 18.5 Å². The minimum Gasteiger partial charge on any atom is -0.474 e. The van der Waals surface area contributed by atoms with Gasteiger partial charge >= 0.3 is 11.9 Å². The predicted octanol–water partition coefficient (Wildman–Crippen LogP) is 0.224. The van der Waals surface area contributed by atoms with Gasteiger partial charge in [0.15, 0.2) is 0 Å². The van der Waals surface area contributed by atoms with Gasteiger partial charge in [0.25, 0.3) is 5.95 Å². The van der Waals surface area contributed by atoms with Gasteiger partial charge < -0.3 is 14.5 Å². The van der Waals surface area contributed by atoms with Crippen LogP contribution in [0, 0.1) is 0 Å². The summed E-state index contributed by atoms with van der Waals surface area (Å²) in [6.07, 6.45) is 0. The number of hydrogen-bond donors (Lipinski definition) is 1. The van der Waals surface area contributed by atoms with E-state index in [4.69, 9.17) is 5.11 Å². The highest BCUT2D eigenvalue weighted by Crippen LogP contribution is 2.05. The molecule has 0 bridgehead atoms. The van der Waals surface area contributed by atoms with Gasteiger partial charge in [0.05, 0.1) is 0 Å². The lowest BCUT2D eigenvalue weighted by Crippen LogP contribution is -2.17. The molecule has 0 saturated carbocycles. The van der Waals surface area contributed by atoms with E-state index < -0.39 is 5.97 Å². The van der Waals surface area contributed by atoms with Crippen LogP contribution in [0.25, 0.3) is 0 Å². The van der Waals surface area contributed by atoms with Crippen molar-refractivity contribution in [2.45, 2.75) is 6.92 Å². The molecule has 0 aromatic carbocycles. The van der Waals surface area contributed by atoms with E-state index in [9.17, 15) is 4.79 Å². The fourth-order valence-corrected chi connectivity index (χ4v) is 0.599. The lowest BCUT2D eigenvalue weighted by atomic mass is 10.6. The lowest BCUT2D eigenvalue weighted by Gasteiger charge is -2.08.